The van der Waals surface area contributed by atoms with Gasteiger partial charge in [0.2, 0.25) is 0 Å². The van der Waals surface area contributed by atoms with Gasteiger partial charge in [0.15, 0.2) is 11.5 Å². The molecule has 90 valence electrons. The topological polar surface area (TPSA) is 52.8 Å². The first-order valence-corrected chi connectivity index (χ1v) is 6.32. The summed E-state index contributed by atoms with van der Waals surface area (Å²) < 4.78 is 0. The molecular weight excluding hydrogens is 212 g/mol. The molecule has 0 amide bonds. The molecule has 0 N–H and O–H groups in total. The van der Waals surface area contributed by atoms with Crippen molar-refractivity contribution in [1.82, 2.24) is 10.2 Å². The molecule has 1 aromatic heterocycles. The van der Waals surface area contributed by atoms with Crippen LogP contribution in [-0.2, 0) is 0 Å². The van der Waals surface area contributed by atoms with Crippen LogP contribution in [0.2, 0.25) is 0 Å². The second kappa shape index (κ2) is 5.62. The number of nitrogens with zero attached hydrogens (tertiary/aromatic N) is 4. The first kappa shape index (κ1) is 11.8. The molecular formula is C13H18N4. The van der Waals surface area contributed by atoms with E-state index in [1.165, 1.54) is 25.7 Å². The van der Waals surface area contributed by atoms with E-state index in [-0.39, 0.29) is 0 Å². The van der Waals surface area contributed by atoms with Crippen LogP contribution in [0.25, 0.3) is 0 Å². The molecule has 1 aliphatic rings. The summed E-state index contributed by atoms with van der Waals surface area (Å²) in [5.41, 5.74) is 0.385. The zero-order valence-corrected chi connectivity index (χ0v) is 10.3. The molecule has 0 aromatic carbocycles. The number of piperidine rings is 1. The van der Waals surface area contributed by atoms with E-state index in [2.05, 4.69) is 22.0 Å². The Hall–Kier alpha value is -1.63. The largest absolute Gasteiger partial charge is 0.355 e. The van der Waals surface area contributed by atoms with Gasteiger partial charge in [0.05, 0.1) is 0 Å². The lowest BCUT2D eigenvalue weighted by Crippen LogP contribution is -2.36. The molecule has 17 heavy (non-hydrogen) atoms. The van der Waals surface area contributed by atoms with Crippen molar-refractivity contribution in [3.8, 4) is 6.07 Å². The average molecular weight is 230 g/mol. The van der Waals surface area contributed by atoms with Gasteiger partial charge in [-0.05, 0) is 37.3 Å². The molecule has 1 aliphatic heterocycles. The van der Waals surface area contributed by atoms with Crippen molar-refractivity contribution in [2.75, 3.05) is 18.0 Å². The van der Waals surface area contributed by atoms with E-state index in [9.17, 15) is 0 Å². The van der Waals surface area contributed by atoms with Crippen molar-refractivity contribution in [2.45, 2.75) is 32.6 Å². The lowest BCUT2D eigenvalue weighted by Gasteiger charge is -2.33. The number of rotatable bonds is 3. The Balaban J connectivity index is 2.03. The van der Waals surface area contributed by atoms with Gasteiger partial charge in [0, 0.05) is 13.1 Å². The maximum absolute atomic E-state index is 8.68. The summed E-state index contributed by atoms with van der Waals surface area (Å²) in [5, 5.41) is 16.7. The lowest BCUT2D eigenvalue weighted by molar-refractivity contribution is 0.386. The summed E-state index contributed by atoms with van der Waals surface area (Å²) in [5.74, 6) is 1.69. The fourth-order valence-corrected chi connectivity index (χ4v) is 2.47. The highest BCUT2D eigenvalue weighted by Gasteiger charge is 2.20. The second-order valence-electron chi connectivity index (χ2n) is 4.63. The van der Waals surface area contributed by atoms with Crippen LogP contribution in [0.4, 0.5) is 5.82 Å². The smallest absolute Gasteiger partial charge is 0.163 e. The molecule has 0 aliphatic carbocycles. The molecule has 1 aromatic rings. The van der Waals surface area contributed by atoms with Gasteiger partial charge in [-0.25, -0.2) is 0 Å². The summed E-state index contributed by atoms with van der Waals surface area (Å²) in [6.45, 7) is 4.37. The Kier molecular flexibility index (Phi) is 3.92. The van der Waals surface area contributed by atoms with Gasteiger partial charge in [-0.15, -0.1) is 10.2 Å². The minimum Gasteiger partial charge on any atom is -0.355 e. The van der Waals surface area contributed by atoms with Crippen molar-refractivity contribution in [2.24, 2.45) is 5.92 Å². The van der Waals surface area contributed by atoms with E-state index in [0.717, 1.165) is 24.8 Å². The molecule has 0 radical (unpaired) electrons. The Bertz CT molecular complexity index is 391. The molecule has 0 saturated carbocycles. The number of aromatic nitrogens is 2. The van der Waals surface area contributed by atoms with E-state index in [4.69, 9.17) is 5.26 Å². The van der Waals surface area contributed by atoms with Crippen LogP contribution in [0.1, 0.15) is 38.3 Å². The summed E-state index contributed by atoms with van der Waals surface area (Å²) in [7, 11) is 0. The third-order valence-corrected chi connectivity index (χ3v) is 3.30. The average Bonchev–Trinajstić information content (AvgIpc) is 2.40. The fourth-order valence-electron chi connectivity index (χ4n) is 2.47. The normalized spacial score (nSPS) is 20.0. The molecule has 1 saturated heterocycles. The Morgan fingerprint density at radius 2 is 2.35 bits per heavy atom. The van der Waals surface area contributed by atoms with E-state index in [1.54, 1.807) is 6.07 Å². The molecule has 0 spiro atoms. The first-order valence-electron chi connectivity index (χ1n) is 6.32. The predicted molar refractivity (Wildman–Crippen MR) is 66.6 cm³/mol. The molecule has 4 nitrogen and oxygen atoms in total. The highest BCUT2D eigenvalue weighted by atomic mass is 15.3. The van der Waals surface area contributed by atoms with Gasteiger partial charge in [-0.3, -0.25) is 0 Å². The van der Waals surface area contributed by atoms with Crippen molar-refractivity contribution in [1.29, 1.82) is 5.26 Å². The predicted octanol–water partition coefficient (Wildman–Crippen LogP) is 2.36. The molecule has 1 unspecified atom stereocenters. The number of anilines is 1. The molecule has 0 bridgehead atoms. The molecule has 2 rings (SSSR count). The van der Waals surface area contributed by atoms with Gasteiger partial charge >= 0.3 is 0 Å². The van der Waals surface area contributed by atoms with Crippen LogP contribution >= 0.6 is 0 Å². The Morgan fingerprint density at radius 1 is 1.47 bits per heavy atom. The molecule has 2 heterocycles. The molecule has 4 heteroatoms. The quantitative estimate of drug-likeness (QED) is 0.800. The van der Waals surface area contributed by atoms with Gasteiger partial charge in [-0.2, -0.15) is 5.26 Å². The van der Waals surface area contributed by atoms with E-state index >= 15 is 0 Å². The van der Waals surface area contributed by atoms with E-state index in [0.29, 0.717) is 5.69 Å². The van der Waals surface area contributed by atoms with Crippen LogP contribution < -0.4 is 4.90 Å². The zero-order chi connectivity index (χ0) is 12.1. The highest BCUT2D eigenvalue weighted by Crippen LogP contribution is 2.24. The Labute approximate surface area is 102 Å². The third-order valence-electron chi connectivity index (χ3n) is 3.30. The fraction of sp³-hybridized carbons (Fsp3) is 0.615. The lowest BCUT2D eigenvalue weighted by atomic mass is 9.94. The SMILES string of the molecule is CCCC1CCCN(c2ccc(C#N)nn2)C1. The van der Waals surface area contributed by atoms with E-state index < -0.39 is 0 Å². The van der Waals surface area contributed by atoms with Gasteiger partial charge < -0.3 is 4.90 Å². The van der Waals surface area contributed by atoms with Crippen LogP contribution in [0.5, 0.6) is 0 Å². The summed E-state index contributed by atoms with van der Waals surface area (Å²) in [4.78, 5) is 2.29. The van der Waals surface area contributed by atoms with Crippen molar-refractivity contribution < 1.29 is 0 Å². The van der Waals surface area contributed by atoms with Crippen LogP contribution in [0, 0.1) is 17.2 Å². The van der Waals surface area contributed by atoms with Crippen molar-refractivity contribution in [3.05, 3.63) is 17.8 Å². The monoisotopic (exact) mass is 230 g/mol. The third kappa shape index (κ3) is 2.94. The zero-order valence-electron chi connectivity index (χ0n) is 10.3. The van der Waals surface area contributed by atoms with Gasteiger partial charge in [0.25, 0.3) is 0 Å². The maximum atomic E-state index is 8.68. The summed E-state index contributed by atoms with van der Waals surface area (Å²) in [6.07, 6.45) is 5.10. The van der Waals surface area contributed by atoms with Gasteiger partial charge in [0.1, 0.15) is 6.07 Å². The minimum absolute atomic E-state index is 0.385. The minimum atomic E-state index is 0.385. The van der Waals surface area contributed by atoms with Crippen molar-refractivity contribution >= 4 is 5.82 Å². The Morgan fingerprint density at radius 3 is 3.00 bits per heavy atom. The van der Waals surface area contributed by atoms with Crippen LogP contribution in [-0.4, -0.2) is 23.3 Å². The molecule has 1 fully saturated rings. The highest BCUT2D eigenvalue weighted by molar-refractivity contribution is 5.39. The van der Waals surface area contributed by atoms with Gasteiger partial charge in [-0.1, -0.05) is 13.3 Å². The molecule has 1 atom stereocenters. The van der Waals surface area contributed by atoms with Crippen molar-refractivity contribution in [3.63, 3.8) is 0 Å². The van der Waals surface area contributed by atoms with Crippen LogP contribution in [0.3, 0.4) is 0 Å². The van der Waals surface area contributed by atoms with E-state index in [1.807, 2.05) is 12.1 Å². The maximum Gasteiger partial charge on any atom is 0.163 e. The number of hydrogen-bond donors (Lipinski definition) is 0. The number of hydrogen-bond acceptors (Lipinski definition) is 4. The first-order chi connectivity index (χ1) is 8.33. The standard InChI is InChI=1S/C13H18N4/c1-2-4-11-5-3-8-17(10-11)13-7-6-12(9-14)15-16-13/h6-7,11H,2-5,8,10H2,1H3. The van der Waals surface area contributed by atoms with Crippen LogP contribution in [0.15, 0.2) is 12.1 Å². The summed E-state index contributed by atoms with van der Waals surface area (Å²) >= 11 is 0. The number of nitriles is 1. The summed E-state index contributed by atoms with van der Waals surface area (Å²) in [6, 6.07) is 5.64. The second-order valence-corrected chi connectivity index (χ2v) is 4.63.